The Morgan fingerprint density at radius 3 is 2.47 bits per heavy atom. The minimum atomic E-state index is 0.242. The second-order valence-corrected chi connectivity index (χ2v) is 6.46. The van der Waals surface area contributed by atoms with E-state index in [1.54, 1.807) is 0 Å². The van der Waals surface area contributed by atoms with E-state index in [9.17, 15) is 0 Å². The molecule has 0 aliphatic heterocycles. The molecular formula is C12H15Br2N. The van der Waals surface area contributed by atoms with Crippen molar-refractivity contribution in [3.05, 3.63) is 32.2 Å². The second kappa shape index (κ2) is 3.86. The molecular weight excluding hydrogens is 318 g/mol. The van der Waals surface area contributed by atoms with Crippen LogP contribution in [0.3, 0.4) is 0 Å². The fourth-order valence-electron chi connectivity index (χ4n) is 2.56. The predicted octanol–water partition coefficient (Wildman–Crippen LogP) is 4.15. The SMILES string of the molecule is CNC1CC(C)(C)c2c(Br)ccc(Br)c21. The summed E-state index contributed by atoms with van der Waals surface area (Å²) >= 11 is 7.32. The summed E-state index contributed by atoms with van der Waals surface area (Å²) < 4.78 is 2.44. The average Bonchev–Trinajstić information content (AvgIpc) is 2.45. The van der Waals surface area contributed by atoms with E-state index in [2.05, 4.69) is 63.2 Å². The maximum atomic E-state index is 3.67. The lowest BCUT2D eigenvalue weighted by atomic mass is 9.86. The third-order valence-electron chi connectivity index (χ3n) is 3.23. The summed E-state index contributed by atoms with van der Waals surface area (Å²) in [4.78, 5) is 0. The molecule has 1 aromatic rings. The van der Waals surface area contributed by atoms with Crippen LogP contribution < -0.4 is 5.32 Å². The molecule has 0 amide bonds. The molecule has 2 rings (SSSR count). The van der Waals surface area contributed by atoms with E-state index in [1.807, 2.05) is 7.05 Å². The van der Waals surface area contributed by atoms with Gasteiger partial charge in [0.25, 0.3) is 0 Å². The Morgan fingerprint density at radius 1 is 1.27 bits per heavy atom. The largest absolute Gasteiger partial charge is 0.313 e. The molecule has 0 bridgehead atoms. The van der Waals surface area contributed by atoms with E-state index < -0.39 is 0 Å². The number of hydrogen-bond donors (Lipinski definition) is 1. The lowest BCUT2D eigenvalue weighted by molar-refractivity contribution is 0.446. The van der Waals surface area contributed by atoms with Gasteiger partial charge < -0.3 is 5.32 Å². The zero-order valence-corrected chi connectivity index (χ0v) is 12.4. The molecule has 0 heterocycles. The van der Waals surface area contributed by atoms with Gasteiger partial charge in [-0.1, -0.05) is 45.7 Å². The standard InChI is InChI=1S/C12H15Br2N/c1-12(2)6-9(15-3)10-7(13)4-5-8(14)11(10)12/h4-5,9,15H,6H2,1-3H3. The molecule has 0 aromatic heterocycles. The Kier molecular flexibility index (Phi) is 2.99. The first-order chi connectivity index (χ1) is 6.97. The van der Waals surface area contributed by atoms with Crippen molar-refractivity contribution in [2.45, 2.75) is 31.7 Å². The van der Waals surface area contributed by atoms with E-state index in [4.69, 9.17) is 0 Å². The van der Waals surface area contributed by atoms with Crippen molar-refractivity contribution < 1.29 is 0 Å². The van der Waals surface area contributed by atoms with Gasteiger partial charge in [0.05, 0.1) is 0 Å². The fourth-order valence-corrected chi connectivity index (χ4v) is 4.05. The molecule has 0 saturated carbocycles. The Hall–Kier alpha value is 0.140. The summed E-state index contributed by atoms with van der Waals surface area (Å²) in [6, 6.07) is 4.71. The first kappa shape index (κ1) is 11.6. The van der Waals surface area contributed by atoms with Gasteiger partial charge in [-0.3, -0.25) is 0 Å². The summed E-state index contributed by atoms with van der Waals surface area (Å²) in [6.07, 6.45) is 1.15. The second-order valence-electron chi connectivity index (χ2n) is 4.75. The fraction of sp³-hybridized carbons (Fsp3) is 0.500. The molecule has 0 radical (unpaired) electrons. The molecule has 1 nitrogen and oxygen atoms in total. The van der Waals surface area contributed by atoms with Gasteiger partial charge in [0.2, 0.25) is 0 Å². The maximum Gasteiger partial charge on any atom is 0.0340 e. The number of hydrogen-bond acceptors (Lipinski definition) is 1. The van der Waals surface area contributed by atoms with Crippen LogP contribution >= 0.6 is 31.9 Å². The van der Waals surface area contributed by atoms with Crippen molar-refractivity contribution >= 4 is 31.9 Å². The van der Waals surface area contributed by atoms with E-state index in [0.29, 0.717) is 6.04 Å². The summed E-state index contributed by atoms with van der Waals surface area (Å²) in [5.41, 5.74) is 3.10. The summed E-state index contributed by atoms with van der Waals surface area (Å²) in [5.74, 6) is 0. The van der Waals surface area contributed by atoms with Gasteiger partial charge in [-0.25, -0.2) is 0 Å². The van der Waals surface area contributed by atoms with Crippen LogP contribution in [0.15, 0.2) is 21.1 Å². The topological polar surface area (TPSA) is 12.0 Å². The molecule has 1 atom stereocenters. The highest BCUT2D eigenvalue weighted by Crippen LogP contribution is 2.50. The van der Waals surface area contributed by atoms with Crippen LogP contribution in [0.2, 0.25) is 0 Å². The van der Waals surface area contributed by atoms with Gasteiger partial charge in [0, 0.05) is 15.0 Å². The van der Waals surface area contributed by atoms with E-state index in [-0.39, 0.29) is 5.41 Å². The molecule has 1 aromatic carbocycles. The van der Waals surface area contributed by atoms with Crippen LogP contribution in [0, 0.1) is 0 Å². The number of halogens is 2. The summed E-state index contributed by atoms with van der Waals surface area (Å²) in [5, 5.41) is 3.39. The molecule has 0 fully saturated rings. The van der Waals surface area contributed by atoms with Gasteiger partial charge in [-0.05, 0) is 42.1 Å². The Bertz CT molecular complexity index is 399. The average molecular weight is 333 g/mol. The smallest absolute Gasteiger partial charge is 0.0340 e. The first-order valence-corrected chi connectivity index (χ1v) is 6.71. The van der Waals surface area contributed by atoms with Gasteiger partial charge >= 0.3 is 0 Å². The van der Waals surface area contributed by atoms with E-state index in [1.165, 1.54) is 20.1 Å². The summed E-state index contributed by atoms with van der Waals surface area (Å²) in [6.45, 7) is 4.61. The molecule has 1 aliphatic rings. The van der Waals surface area contributed by atoms with E-state index >= 15 is 0 Å². The molecule has 0 spiro atoms. The Morgan fingerprint density at radius 2 is 1.87 bits per heavy atom. The quantitative estimate of drug-likeness (QED) is 0.814. The molecule has 3 heteroatoms. The van der Waals surface area contributed by atoms with Gasteiger partial charge in [-0.15, -0.1) is 0 Å². The predicted molar refractivity (Wildman–Crippen MR) is 71.3 cm³/mol. The van der Waals surface area contributed by atoms with Crippen molar-refractivity contribution in [2.75, 3.05) is 7.05 Å². The van der Waals surface area contributed by atoms with Crippen molar-refractivity contribution in [1.29, 1.82) is 0 Å². The van der Waals surface area contributed by atoms with Crippen LogP contribution in [-0.2, 0) is 5.41 Å². The normalized spacial score (nSPS) is 22.9. The zero-order chi connectivity index (χ0) is 11.2. The highest BCUT2D eigenvalue weighted by Gasteiger charge is 2.38. The molecule has 1 aliphatic carbocycles. The van der Waals surface area contributed by atoms with Gasteiger partial charge in [0.1, 0.15) is 0 Å². The van der Waals surface area contributed by atoms with Crippen LogP contribution in [-0.4, -0.2) is 7.05 Å². The number of benzene rings is 1. The van der Waals surface area contributed by atoms with Crippen LogP contribution in [0.1, 0.15) is 37.4 Å². The van der Waals surface area contributed by atoms with Crippen LogP contribution in [0.25, 0.3) is 0 Å². The van der Waals surface area contributed by atoms with E-state index in [0.717, 1.165) is 6.42 Å². The first-order valence-electron chi connectivity index (χ1n) is 5.13. The molecule has 0 saturated heterocycles. The third kappa shape index (κ3) is 1.79. The highest BCUT2D eigenvalue weighted by molar-refractivity contribution is 9.11. The van der Waals surface area contributed by atoms with Crippen LogP contribution in [0.4, 0.5) is 0 Å². The molecule has 82 valence electrons. The molecule has 15 heavy (non-hydrogen) atoms. The number of fused-ring (bicyclic) bond motifs is 1. The lowest BCUT2D eigenvalue weighted by Crippen LogP contribution is -2.17. The summed E-state index contributed by atoms with van der Waals surface area (Å²) in [7, 11) is 2.03. The number of nitrogens with one attached hydrogen (secondary N) is 1. The minimum absolute atomic E-state index is 0.242. The Labute approximate surface area is 108 Å². The maximum absolute atomic E-state index is 3.67. The van der Waals surface area contributed by atoms with Crippen LogP contribution in [0.5, 0.6) is 0 Å². The van der Waals surface area contributed by atoms with Crippen molar-refractivity contribution in [2.24, 2.45) is 0 Å². The third-order valence-corrected chi connectivity index (χ3v) is 4.58. The zero-order valence-electron chi connectivity index (χ0n) is 9.20. The lowest BCUT2D eigenvalue weighted by Gasteiger charge is -2.20. The van der Waals surface area contributed by atoms with Crippen molar-refractivity contribution in [1.82, 2.24) is 5.32 Å². The van der Waals surface area contributed by atoms with Gasteiger partial charge in [-0.2, -0.15) is 0 Å². The monoisotopic (exact) mass is 331 g/mol. The molecule has 1 N–H and O–H groups in total. The number of rotatable bonds is 1. The highest BCUT2D eigenvalue weighted by atomic mass is 79.9. The molecule has 1 unspecified atom stereocenters. The minimum Gasteiger partial charge on any atom is -0.313 e. The Balaban J connectivity index is 2.68. The van der Waals surface area contributed by atoms with Crippen molar-refractivity contribution in [3.8, 4) is 0 Å². The van der Waals surface area contributed by atoms with Gasteiger partial charge in [0.15, 0.2) is 0 Å². The van der Waals surface area contributed by atoms with Crippen molar-refractivity contribution in [3.63, 3.8) is 0 Å².